The predicted molar refractivity (Wildman–Crippen MR) is 128 cm³/mol. The van der Waals surface area contributed by atoms with Gasteiger partial charge in [-0.15, -0.1) is 0 Å². The lowest BCUT2D eigenvalue weighted by molar-refractivity contribution is -0.136. The van der Waals surface area contributed by atoms with Crippen LogP contribution in [-0.2, 0) is 10.4 Å². The number of benzene rings is 3. The molecule has 8 heteroatoms. The minimum absolute atomic E-state index is 0.0689. The van der Waals surface area contributed by atoms with Gasteiger partial charge in [0.05, 0.1) is 16.8 Å². The maximum absolute atomic E-state index is 13.1. The summed E-state index contributed by atoms with van der Waals surface area (Å²) < 4.78 is 5.68. The van der Waals surface area contributed by atoms with Gasteiger partial charge >= 0.3 is 5.97 Å². The Hall–Kier alpha value is -4.20. The van der Waals surface area contributed by atoms with Crippen LogP contribution in [0.2, 0.25) is 5.02 Å². The number of carboxylic acid groups (broad SMARTS) is 1. The quantitative estimate of drug-likeness (QED) is 0.266. The number of hydrogen-bond donors (Lipinski definition) is 3. The van der Waals surface area contributed by atoms with Crippen molar-refractivity contribution in [3.63, 3.8) is 0 Å². The molecule has 0 aliphatic rings. The maximum atomic E-state index is 13.1. The van der Waals surface area contributed by atoms with Crippen molar-refractivity contribution in [3.8, 4) is 11.3 Å². The fourth-order valence-corrected chi connectivity index (χ4v) is 3.65. The Morgan fingerprint density at radius 1 is 0.912 bits per heavy atom. The second-order valence-corrected chi connectivity index (χ2v) is 7.75. The SMILES string of the molecule is O=C(O)c1ccc(Cl)c(-c2ccc(C=NNC(=O)C(O)(c3ccccc3)c3ccccc3)o2)c1. The van der Waals surface area contributed by atoms with Crippen molar-refractivity contribution in [3.05, 3.63) is 118 Å². The molecular formula is C26H19ClN2O5. The van der Waals surface area contributed by atoms with Crippen LogP contribution in [0, 0.1) is 0 Å². The van der Waals surface area contributed by atoms with Crippen LogP contribution in [0.1, 0.15) is 27.2 Å². The largest absolute Gasteiger partial charge is 0.478 e. The van der Waals surface area contributed by atoms with Gasteiger partial charge < -0.3 is 14.6 Å². The van der Waals surface area contributed by atoms with Crippen molar-refractivity contribution in [1.29, 1.82) is 0 Å². The Bertz CT molecular complexity index is 1310. The zero-order chi connectivity index (χ0) is 24.1. The van der Waals surface area contributed by atoms with Crippen LogP contribution in [0.5, 0.6) is 0 Å². The van der Waals surface area contributed by atoms with E-state index in [1.807, 2.05) is 0 Å². The van der Waals surface area contributed by atoms with Gasteiger partial charge in [-0.25, -0.2) is 10.2 Å². The van der Waals surface area contributed by atoms with Crippen LogP contribution in [-0.4, -0.2) is 28.3 Å². The number of hydrogen-bond acceptors (Lipinski definition) is 5. The molecule has 4 aromatic rings. The van der Waals surface area contributed by atoms with Gasteiger partial charge in [-0.2, -0.15) is 5.10 Å². The highest BCUT2D eigenvalue weighted by Gasteiger charge is 2.39. The van der Waals surface area contributed by atoms with Gasteiger partial charge in [-0.05, 0) is 41.5 Å². The molecule has 3 aromatic carbocycles. The number of carbonyl (C=O) groups is 2. The summed E-state index contributed by atoms with van der Waals surface area (Å²) in [5.41, 5.74) is 1.67. The summed E-state index contributed by atoms with van der Waals surface area (Å²) in [6, 6.07) is 24.6. The summed E-state index contributed by atoms with van der Waals surface area (Å²) in [5.74, 6) is -1.20. The topological polar surface area (TPSA) is 112 Å². The van der Waals surface area contributed by atoms with E-state index in [1.165, 1.54) is 24.4 Å². The number of nitrogens with one attached hydrogen (secondary N) is 1. The van der Waals surface area contributed by atoms with Gasteiger partial charge in [0.25, 0.3) is 5.91 Å². The third-order valence-corrected chi connectivity index (χ3v) is 5.50. The average Bonchev–Trinajstić information content (AvgIpc) is 3.33. The second kappa shape index (κ2) is 9.74. The number of furan rings is 1. The molecule has 0 aliphatic carbocycles. The molecule has 3 N–H and O–H groups in total. The van der Waals surface area contributed by atoms with E-state index in [-0.39, 0.29) is 11.3 Å². The number of nitrogens with zero attached hydrogens (tertiary/aromatic N) is 1. The lowest BCUT2D eigenvalue weighted by atomic mass is 9.85. The molecule has 4 rings (SSSR count). The van der Waals surface area contributed by atoms with E-state index < -0.39 is 17.5 Å². The fourth-order valence-electron chi connectivity index (χ4n) is 3.44. The fraction of sp³-hybridized carbons (Fsp3) is 0.0385. The summed E-state index contributed by atoms with van der Waals surface area (Å²) in [5, 5.41) is 24.9. The third-order valence-electron chi connectivity index (χ3n) is 5.18. The third kappa shape index (κ3) is 4.61. The number of carbonyl (C=O) groups excluding carboxylic acids is 1. The Kier molecular flexibility index (Phi) is 6.58. The first-order valence-electron chi connectivity index (χ1n) is 10.2. The first kappa shape index (κ1) is 23.0. The first-order valence-corrected chi connectivity index (χ1v) is 10.6. The average molecular weight is 475 g/mol. The summed E-state index contributed by atoms with van der Waals surface area (Å²) in [7, 11) is 0. The van der Waals surface area contributed by atoms with Gasteiger partial charge in [0.1, 0.15) is 11.5 Å². The van der Waals surface area contributed by atoms with Crippen molar-refractivity contribution in [1.82, 2.24) is 5.43 Å². The van der Waals surface area contributed by atoms with Crippen molar-refractivity contribution < 1.29 is 24.2 Å². The van der Waals surface area contributed by atoms with Gasteiger partial charge in [-0.1, -0.05) is 72.3 Å². The Balaban J connectivity index is 1.56. The molecule has 0 bridgehead atoms. The normalized spacial score (nSPS) is 11.5. The monoisotopic (exact) mass is 474 g/mol. The summed E-state index contributed by atoms with van der Waals surface area (Å²) in [6.07, 6.45) is 1.27. The van der Waals surface area contributed by atoms with Crippen LogP contribution >= 0.6 is 11.6 Å². The summed E-state index contributed by atoms with van der Waals surface area (Å²) in [6.45, 7) is 0. The molecular weight excluding hydrogens is 456 g/mol. The number of carboxylic acids is 1. The molecule has 0 saturated carbocycles. The van der Waals surface area contributed by atoms with Crippen LogP contribution in [0.25, 0.3) is 11.3 Å². The van der Waals surface area contributed by atoms with Crippen LogP contribution in [0.4, 0.5) is 0 Å². The van der Waals surface area contributed by atoms with Gasteiger partial charge in [0.2, 0.25) is 0 Å². The van der Waals surface area contributed by atoms with Crippen molar-refractivity contribution in [2.45, 2.75) is 5.60 Å². The molecule has 0 spiro atoms. The van der Waals surface area contributed by atoms with Crippen molar-refractivity contribution >= 4 is 29.7 Å². The highest BCUT2D eigenvalue weighted by molar-refractivity contribution is 6.33. The van der Waals surface area contributed by atoms with Crippen molar-refractivity contribution in [2.75, 3.05) is 0 Å². The van der Waals surface area contributed by atoms with E-state index in [0.29, 0.717) is 27.5 Å². The Labute approximate surface area is 199 Å². The lowest BCUT2D eigenvalue weighted by Gasteiger charge is -2.26. The highest BCUT2D eigenvalue weighted by Crippen LogP contribution is 2.31. The number of aliphatic hydroxyl groups is 1. The zero-order valence-corrected chi connectivity index (χ0v) is 18.4. The standard InChI is InChI=1S/C26H19ClN2O5/c27-22-13-11-17(24(30)31)15-21(22)23-14-12-20(34-23)16-28-29-25(32)26(33,18-7-3-1-4-8-18)19-9-5-2-6-10-19/h1-16,33H,(H,29,32)(H,30,31). The molecule has 1 amide bonds. The molecule has 1 aromatic heterocycles. The number of aromatic carboxylic acids is 1. The molecule has 0 saturated heterocycles. The number of halogens is 1. The zero-order valence-electron chi connectivity index (χ0n) is 17.7. The molecule has 0 radical (unpaired) electrons. The molecule has 0 fully saturated rings. The van der Waals surface area contributed by atoms with E-state index in [2.05, 4.69) is 10.5 Å². The molecule has 1 heterocycles. The molecule has 34 heavy (non-hydrogen) atoms. The van der Waals surface area contributed by atoms with E-state index in [0.717, 1.165) is 0 Å². The molecule has 170 valence electrons. The number of hydrazone groups is 1. The van der Waals surface area contributed by atoms with E-state index >= 15 is 0 Å². The number of rotatable bonds is 7. The predicted octanol–water partition coefficient (Wildman–Crippen LogP) is 4.68. The van der Waals surface area contributed by atoms with Crippen LogP contribution < -0.4 is 5.43 Å². The first-order chi connectivity index (χ1) is 16.4. The number of amides is 1. The molecule has 0 unspecified atom stereocenters. The Morgan fingerprint density at radius 2 is 1.53 bits per heavy atom. The highest BCUT2D eigenvalue weighted by atomic mass is 35.5. The molecule has 0 aliphatic heterocycles. The minimum atomic E-state index is -1.96. The van der Waals surface area contributed by atoms with Gasteiger partial charge in [-0.3, -0.25) is 4.79 Å². The van der Waals surface area contributed by atoms with Gasteiger partial charge in [0.15, 0.2) is 5.60 Å². The van der Waals surface area contributed by atoms with E-state index in [4.69, 9.17) is 16.0 Å². The minimum Gasteiger partial charge on any atom is -0.478 e. The molecule has 0 atom stereocenters. The van der Waals surface area contributed by atoms with Crippen LogP contribution in [0.15, 0.2) is 101 Å². The lowest BCUT2D eigenvalue weighted by Crippen LogP contribution is -2.43. The second-order valence-electron chi connectivity index (χ2n) is 7.34. The van der Waals surface area contributed by atoms with Gasteiger partial charge in [0, 0.05) is 5.56 Å². The molecule has 7 nitrogen and oxygen atoms in total. The Morgan fingerprint density at radius 3 is 2.12 bits per heavy atom. The summed E-state index contributed by atoms with van der Waals surface area (Å²) >= 11 is 6.19. The summed E-state index contributed by atoms with van der Waals surface area (Å²) in [4.78, 5) is 24.3. The van der Waals surface area contributed by atoms with E-state index in [1.54, 1.807) is 72.8 Å². The van der Waals surface area contributed by atoms with Crippen molar-refractivity contribution in [2.24, 2.45) is 5.10 Å². The van der Waals surface area contributed by atoms with E-state index in [9.17, 15) is 19.8 Å². The maximum Gasteiger partial charge on any atom is 0.335 e. The smallest absolute Gasteiger partial charge is 0.335 e. The van der Waals surface area contributed by atoms with Crippen LogP contribution in [0.3, 0.4) is 0 Å².